The average molecular weight is 482 g/mol. The van der Waals surface area contributed by atoms with Crippen LogP contribution in [0.25, 0.3) is 0 Å². The van der Waals surface area contributed by atoms with Crippen molar-refractivity contribution < 1.29 is 9.47 Å². The Morgan fingerprint density at radius 2 is 2.00 bits per heavy atom. The van der Waals surface area contributed by atoms with Gasteiger partial charge in [0.2, 0.25) is 0 Å². The number of ether oxygens (including phenoxy) is 2. The number of nitriles is 1. The zero-order valence-electron chi connectivity index (χ0n) is 21.1. The van der Waals surface area contributed by atoms with Crippen LogP contribution in [0.15, 0.2) is 64.0 Å². The molecule has 2 fully saturated rings. The maximum absolute atomic E-state index is 9.21. The Morgan fingerprint density at radius 1 is 1.19 bits per heavy atom. The third kappa shape index (κ3) is 3.86. The Hall–Kier alpha value is -3.63. The molecule has 184 valence electrons. The van der Waals surface area contributed by atoms with Crippen molar-refractivity contribution in [3.05, 3.63) is 76.1 Å². The van der Waals surface area contributed by atoms with E-state index in [1.54, 1.807) is 7.11 Å². The molecule has 2 unspecified atom stereocenters. The highest BCUT2D eigenvalue weighted by Crippen LogP contribution is 2.44. The molecule has 7 heteroatoms. The van der Waals surface area contributed by atoms with Gasteiger partial charge in [-0.3, -0.25) is 4.99 Å². The molecule has 0 N–H and O–H groups in total. The second kappa shape index (κ2) is 8.79. The van der Waals surface area contributed by atoms with Gasteiger partial charge in [-0.1, -0.05) is 18.2 Å². The van der Waals surface area contributed by atoms with Gasteiger partial charge in [0, 0.05) is 24.9 Å². The molecule has 1 aliphatic carbocycles. The summed E-state index contributed by atoms with van der Waals surface area (Å²) in [5.41, 5.74) is 6.02. The molecule has 3 heterocycles. The molecule has 4 aliphatic rings. The van der Waals surface area contributed by atoms with Crippen molar-refractivity contribution in [2.75, 3.05) is 26.9 Å². The zero-order valence-corrected chi connectivity index (χ0v) is 21.1. The molecule has 0 amide bonds. The SMILES string of the molecule is COc1ccc(C2(C)C=NN3C(N(Cc4ccc(C#N)cc4)CC4CC4)=C4COCC4=NC32)c(C)c1. The number of aliphatic imine (C=N–C) groups is 1. The highest BCUT2D eigenvalue weighted by molar-refractivity contribution is 6.04. The smallest absolute Gasteiger partial charge is 0.158 e. The summed E-state index contributed by atoms with van der Waals surface area (Å²) in [6.45, 7) is 7.17. The molecule has 2 aromatic carbocycles. The lowest BCUT2D eigenvalue weighted by atomic mass is 9.78. The third-order valence-corrected chi connectivity index (χ3v) is 7.76. The number of hydrogen-bond donors (Lipinski definition) is 0. The van der Waals surface area contributed by atoms with Crippen molar-refractivity contribution in [3.8, 4) is 11.8 Å². The van der Waals surface area contributed by atoms with E-state index in [0.717, 1.165) is 41.5 Å². The summed E-state index contributed by atoms with van der Waals surface area (Å²) in [4.78, 5) is 7.68. The number of rotatable bonds is 7. The fourth-order valence-electron chi connectivity index (χ4n) is 5.60. The first kappa shape index (κ1) is 22.8. The van der Waals surface area contributed by atoms with Crippen LogP contribution >= 0.6 is 0 Å². The molecule has 7 nitrogen and oxygen atoms in total. The normalized spacial score (nSPS) is 24.3. The van der Waals surface area contributed by atoms with Crippen molar-refractivity contribution in [1.29, 1.82) is 5.26 Å². The molecule has 0 aromatic heterocycles. The van der Waals surface area contributed by atoms with Gasteiger partial charge >= 0.3 is 0 Å². The van der Waals surface area contributed by atoms with Gasteiger partial charge in [-0.15, -0.1) is 0 Å². The minimum atomic E-state index is -0.386. The highest BCUT2D eigenvalue weighted by atomic mass is 16.5. The number of nitrogens with zero attached hydrogens (tertiary/aromatic N) is 5. The van der Waals surface area contributed by atoms with Crippen LogP contribution in [0.3, 0.4) is 0 Å². The molecule has 0 radical (unpaired) electrons. The maximum Gasteiger partial charge on any atom is 0.158 e. The van der Waals surface area contributed by atoms with Gasteiger partial charge in [0.25, 0.3) is 0 Å². The van der Waals surface area contributed by atoms with Crippen molar-refractivity contribution in [2.45, 2.75) is 44.8 Å². The van der Waals surface area contributed by atoms with Crippen molar-refractivity contribution in [1.82, 2.24) is 9.91 Å². The molecular weight excluding hydrogens is 450 g/mol. The predicted octanol–water partition coefficient (Wildman–Crippen LogP) is 4.37. The number of fused-ring (bicyclic) bond motifs is 2. The fourth-order valence-corrected chi connectivity index (χ4v) is 5.60. The first-order valence-electron chi connectivity index (χ1n) is 12.6. The lowest BCUT2D eigenvalue weighted by molar-refractivity contribution is 0.147. The number of hydrogen-bond acceptors (Lipinski definition) is 7. The van der Waals surface area contributed by atoms with Crippen LogP contribution < -0.4 is 4.74 Å². The summed E-state index contributed by atoms with van der Waals surface area (Å²) in [6.07, 6.45) is 4.41. The zero-order chi connectivity index (χ0) is 24.9. The number of aryl methyl sites for hydroxylation is 1. The average Bonchev–Trinajstić information content (AvgIpc) is 3.48. The van der Waals surface area contributed by atoms with E-state index in [1.807, 2.05) is 18.2 Å². The maximum atomic E-state index is 9.21. The van der Waals surface area contributed by atoms with Crippen molar-refractivity contribution >= 4 is 11.9 Å². The molecule has 2 atom stereocenters. The minimum absolute atomic E-state index is 0.178. The van der Waals surface area contributed by atoms with Crippen LogP contribution in [0.4, 0.5) is 0 Å². The molecule has 3 aliphatic heterocycles. The summed E-state index contributed by atoms with van der Waals surface area (Å²) in [5, 5.41) is 16.3. The van der Waals surface area contributed by atoms with Gasteiger partial charge in [-0.2, -0.15) is 10.4 Å². The molecule has 1 saturated carbocycles. The Morgan fingerprint density at radius 3 is 2.69 bits per heavy atom. The summed E-state index contributed by atoms with van der Waals surface area (Å²) in [7, 11) is 1.70. The molecule has 1 saturated heterocycles. The summed E-state index contributed by atoms with van der Waals surface area (Å²) in [6, 6.07) is 16.4. The second-order valence-corrected chi connectivity index (χ2v) is 10.4. The number of benzene rings is 2. The Balaban J connectivity index is 1.39. The van der Waals surface area contributed by atoms with E-state index < -0.39 is 0 Å². The van der Waals surface area contributed by atoms with Gasteiger partial charge < -0.3 is 14.4 Å². The standard InChI is InChI=1S/C29H31N5O2/c1-19-12-23(35-3)10-11-25(19)29(2)18-31-34-27(24-16-36-17-26(24)32-28(29)34)33(15-22-8-9-22)14-21-6-4-20(13-30)5-7-21/h4-7,10-12,18,22,28H,8-9,14-17H2,1-3H3. The van der Waals surface area contributed by atoms with Crippen LogP contribution in [0.1, 0.15) is 42.0 Å². The van der Waals surface area contributed by atoms with Gasteiger partial charge in [-0.05, 0) is 73.6 Å². The van der Waals surface area contributed by atoms with E-state index in [9.17, 15) is 5.26 Å². The van der Waals surface area contributed by atoms with Crippen LogP contribution in [0, 0.1) is 24.2 Å². The van der Waals surface area contributed by atoms with Crippen LogP contribution in [-0.2, 0) is 16.7 Å². The van der Waals surface area contributed by atoms with Gasteiger partial charge in [0.1, 0.15) is 11.6 Å². The van der Waals surface area contributed by atoms with Gasteiger partial charge in [0.05, 0.1) is 43.1 Å². The minimum Gasteiger partial charge on any atom is -0.497 e. The van der Waals surface area contributed by atoms with E-state index >= 15 is 0 Å². The van der Waals surface area contributed by atoms with Crippen LogP contribution in [0.5, 0.6) is 5.75 Å². The van der Waals surface area contributed by atoms with E-state index in [1.165, 1.54) is 24.0 Å². The van der Waals surface area contributed by atoms with Crippen molar-refractivity contribution in [2.24, 2.45) is 16.0 Å². The van der Waals surface area contributed by atoms with Gasteiger partial charge in [-0.25, -0.2) is 5.01 Å². The Kier molecular flexibility index (Phi) is 5.57. The largest absolute Gasteiger partial charge is 0.497 e. The fraction of sp³-hybridized carbons (Fsp3) is 0.414. The van der Waals surface area contributed by atoms with Crippen LogP contribution in [0.2, 0.25) is 0 Å². The van der Waals surface area contributed by atoms with E-state index in [4.69, 9.17) is 19.6 Å². The lowest BCUT2D eigenvalue weighted by Crippen LogP contribution is -2.48. The van der Waals surface area contributed by atoms with Crippen LogP contribution in [-0.4, -0.2) is 54.9 Å². The Labute approximate surface area is 212 Å². The summed E-state index contributed by atoms with van der Waals surface area (Å²) < 4.78 is 11.4. The summed E-state index contributed by atoms with van der Waals surface area (Å²) >= 11 is 0. The summed E-state index contributed by atoms with van der Waals surface area (Å²) in [5.74, 6) is 2.66. The third-order valence-electron chi connectivity index (χ3n) is 7.76. The Bertz CT molecular complexity index is 1320. The highest BCUT2D eigenvalue weighted by Gasteiger charge is 2.50. The van der Waals surface area contributed by atoms with Crippen molar-refractivity contribution in [3.63, 3.8) is 0 Å². The second-order valence-electron chi connectivity index (χ2n) is 10.4. The van der Waals surface area contributed by atoms with E-state index in [0.29, 0.717) is 24.7 Å². The number of hydrazone groups is 1. The molecule has 2 aromatic rings. The van der Waals surface area contributed by atoms with Gasteiger partial charge in [0.15, 0.2) is 6.17 Å². The molecule has 0 spiro atoms. The number of methoxy groups -OCH3 is 1. The molecular formula is C29H31N5O2. The molecule has 6 rings (SSSR count). The lowest BCUT2D eigenvalue weighted by Gasteiger charge is -2.41. The monoisotopic (exact) mass is 481 g/mol. The molecule has 0 bridgehead atoms. The first-order chi connectivity index (χ1) is 17.5. The quantitative estimate of drug-likeness (QED) is 0.587. The topological polar surface area (TPSA) is 73.5 Å². The molecule has 36 heavy (non-hydrogen) atoms. The van der Waals surface area contributed by atoms with E-state index in [-0.39, 0.29) is 11.6 Å². The first-order valence-corrected chi connectivity index (χ1v) is 12.6. The predicted molar refractivity (Wildman–Crippen MR) is 139 cm³/mol. The van der Waals surface area contributed by atoms with E-state index in [2.05, 4.69) is 60.3 Å².